The van der Waals surface area contributed by atoms with E-state index in [1.54, 1.807) is 0 Å². The number of aliphatic hydroxyl groups excluding tert-OH is 1. The molecule has 118 valence electrons. The number of hydrogen-bond donors (Lipinski definition) is 1. The van der Waals surface area contributed by atoms with Crippen LogP contribution in [0.5, 0.6) is 0 Å². The quantitative estimate of drug-likeness (QED) is 0.920. The van der Waals surface area contributed by atoms with Crippen molar-refractivity contribution < 1.29 is 9.52 Å². The molecular weight excluding hydrogens is 278 g/mol. The fourth-order valence-corrected chi connectivity index (χ4v) is 3.16. The maximum atomic E-state index is 9.21. The molecule has 0 saturated carbocycles. The molecule has 0 spiro atoms. The van der Waals surface area contributed by atoms with Crippen LogP contribution in [0.4, 0.5) is 0 Å². The van der Waals surface area contributed by atoms with Gasteiger partial charge in [0.25, 0.3) is 0 Å². The second-order valence-electron chi connectivity index (χ2n) is 5.95. The van der Waals surface area contributed by atoms with Crippen LogP contribution in [0.15, 0.2) is 28.7 Å². The highest BCUT2D eigenvalue weighted by Crippen LogP contribution is 2.24. The average Bonchev–Trinajstić information content (AvgIpc) is 2.98. The second kappa shape index (κ2) is 7.03. The van der Waals surface area contributed by atoms with Crippen molar-refractivity contribution in [2.45, 2.75) is 45.2 Å². The molecule has 5 heteroatoms. The molecule has 2 heterocycles. The molecule has 0 radical (unpaired) electrons. The van der Waals surface area contributed by atoms with Gasteiger partial charge in [0.1, 0.15) is 0 Å². The number of likely N-dealkylation sites (tertiary alicyclic amines) is 1. The minimum atomic E-state index is 0.236. The highest BCUT2D eigenvalue weighted by molar-refractivity contribution is 5.57. The van der Waals surface area contributed by atoms with Gasteiger partial charge in [0.2, 0.25) is 11.8 Å². The van der Waals surface area contributed by atoms with Crippen molar-refractivity contribution in [1.82, 2.24) is 15.1 Å². The van der Waals surface area contributed by atoms with Crippen molar-refractivity contribution in [3.05, 3.63) is 35.7 Å². The first kappa shape index (κ1) is 15.2. The third kappa shape index (κ3) is 3.36. The largest absolute Gasteiger partial charge is 0.419 e. The van der Waals surface area contributed by atoms with Crippen LogP contribution in [-0.4, -0.2) is 39.4 Å². The van der Waals surface area contributed by atoms with Crippen molar-refractivity contribution in [3.63, 3.8) is 0 Å². The minimum absolute atomic E-state index is 0.236. The van der Waals surface area contributed by atoms with Gasteiger partial charge in [0.05, 0.1) is 6.54 Å². The molecule has 1 fully saturated rings. The predicted octanol–water partition coefficient (Wildman–Crippen LogP) is 2.78. The summed E-state index contributed by atoms with van der Waals surface area (Å²) in [6.07, 6.45) is 4.39. The summed E-state index contributed by atoms with van der Waals surface area (Å²) in [5.74, 6) is 1.24. The normalized spacial score (nSPS) is 19.5. The molecule has 22 heavy (non-hydrogen) atoms. The maximum absolute atomic E-state index is 9.21. The number of aromatic nitrogens is 2. The topological polar surface area (TPSA) is 62.4 Å². The molecule has 1 aromatic carbocycles. The zero-order valence-electron chi connectivity index (χ0n) is 13.0. The number of piperidine rings is 1. The van der Waals surface area contributed by atoms with E-state index in [0.29, 0.717) is 24.4 Å². The smallest absolute Gasteiger partial charge is 0.248 e. The molecule has 1 aliphatic rings. The fraction of sp³-hybridized carbons (Fsp3) is 0.529. The third-order valence-electron chi connectivity index (χ3n) is 4.39. The Bertz CT molecular complexity index is 609. The summed E-state index contributed by atoms with van der Waals surface area (Å²) in [6.45, 7) is 3.98. The van der Waals surface area contributed by atoms with Crippen molar-refractivity contribution in [3.8, 4) is 11.5 Å². The van der Waals surface area contributed by atoms with Crippen LogP contribution in [0.3, 0.4) is 0 Å². The molecule has 5 nitrogen and oxygen atoms in total. The average molecular weight is 301 g/mol. The summed E-state index contributed by atoms with van der Waals surface area (Å²) in [4.78, 5) is 2.36. The Morgan fingerprint density at radius 3 is 2.95 bits per heavy atom. The standard InChI is InChI=1S/C17H23N3O2/c1-13-6-2-3-8-15(13)17-19-18-16(22-17)12-20-10-5-4-7-14(20)9-11-21/h2-3,6,8,14,21H,4-5,7,9-12H2,1H3. The first-order valence-corrected chi connectivity index (χ1v) is 8.01. The number of rotatable bonds is 5. The molecule has 1 saturated heterocycles. The predicted molar refractivity (Wildman–Crippen MR) is 84.2 cm³/mol. The number of hydrogen-bond acceptors (Lipinski definition) is 5. The lowest BCUT2D eigenvalue weighted by Gasteiger charge is -2.34. The lowest BCUT2D eigenvalue weighted by atomic mass is 10.00. The minimum Gasteiger partial charge on any atom is -0.419 e. The van der Waals surface area contributed by atoms with Crippen molar-refractivity contribution in [1.29, 1.82) is 0 Å². The van der Waals surface area contributed by atoms with E-state index in [0.717, 1.165) is 30.5 Å². The zero-order valence-corrected chi connectivity index (χ0v) is 13.0. The molecule has 0 bridgehead atoms. The van der Waals surface area contributed by atoms with E-state index in [9.17, 15) is 5.11 Å². The molecule has 0 amide bonds. The highest BCUT2D eigenvalue weighted by Gasteiger charge is 2.24. The molecule has 3 rings (SSSR count). The van der Waals surface area contributed by atoms with Gasteiger partial charge >= 0.3 is 0 Å². The summed E-state index contributed by atoms with van der Waals surface area (Å²) in [5.41, 5.74) is 2.13. The van der Waals surface area contributed by atoms with Crippen LogP contribution in [0.2, 0.25) is 0 Å². The number of aliphatic hydroxyl groups is 1. The van der Waals surface area contributed by atoms with E-state index in [2.05, 4.69) is 15.1 Å². The van der Waals surface area contributed by atoms with Gasteiger partial charge in [-0.05, 0) is 44.4 Å². The molecule has 1 unspecified atom stereocenters. The second-order valence-corrected chi connectivity index (χ2v) is 5.95. The number of nitrogens with zero attached hydrogens (tertiary/aromatic N) is 3. The SMILES string of the molecule is Cc1ccccc1-c1nnc(CN2CCCCC2CCO)o1. The lowest BCUT2D eigenvalue weighted by Crippen LogP contribution is -2.39. The van der Waals surface area contributed by atoms with Crippen molar-refractivity contribution in [2.24, 2.45) is 0 Å². The molecular formula is C17H23N3O2. The van der Waals surface area contributed by atoms with Crippen LogP contribution in [0, 0.1) is 6.92 Å². The van der Waals surface area contributed by atoms with E-state index in [1.165, 1.54) is 12.8 Å². The molecule has 2 aromatic rings. The molecule has 0 aliphatic carbocycles. The van der Waals surface area contributed by atoms with Crippen LogP contribution in [-0.2, 0) is 6.54 Å². The number of benzene rings is 1. The first-order valence-electron chi connectivity index (χ1n) is 8.01. The van der Waals surface area contributed by atoms with Gasteiger partial charge in [-0.3, -0.25) is 4.90 Å². The van der Waals surface area contributed by atoms with E-state index in [-0.39, 0.29) is 6.61 Å². The molecule has 1 aliphatic heterocycles. The van der Waals surface area contributed by atoms with Crippen LogP contribution in [0.1, 0.15) is 37.1 Å². The Labute approximate surface area is 131 Å². The van der Waals surface area contributed by atoms with Gasteiger partial charge in [0.15, 0.2) is 0 Å². The van der Waals surface area contributed by atoms with Crippen LogP contribution in [0.25, 0.3) is 11.5 Å². The van der Waals surface area contributed by atoms with Crippen molar-refractivity contribution >= 4 is 0 Å². The molecule has 1 atom stereocenters. The van der Waals surface area contributed by atoms with Gasteiger partial charge in [-0.1, -0.05) is 24.6 Å². The Balaban J connectivity index is 1.72. The number of aryl methyl sites for hydroxylation is 1. The van der Waals surface area contributed by atoms with Gasteiger partial charge in [-0.2, -0.15) is 0 Å². The Hall–Kier alpha value is -1.72. The summed E-state index contributed by atoms with van der Waals surface area (Å²) in [7, 11) is 0. The maximum Gasteiger partial charge on any atom is 0.248 e. The summed E-state index contributed by atoms with van der Waals surface area (Å²) in [5, 5.41) is 17.6. The first-order chi connectivity index (χ1) is 10.8. The molecule has 1 N–H and O–H groups in total. The Morgan fingerprint density at radius 2 is 2.14 bits per heavy atom. The highest BCUT2D eigenvalue weighted by atomic mass is 16.4. The Morgan fingerprint density at radius 1 is 1.27 bits per heavy atom. The Kier molecular flexibility index (Phi) is 4.85. The summed E-state index contributed by atoms with van der Waals surface area (Å²) < 4.78 is 5.85. The van der Waals surface area contributed by atoms with E-state index in [1.807, 2.05) is 31.2 Å². The van der Waals surface area contributed by atoms with E-state index < -0.39 is 0 Å². The summed E-state index contributed by atoms with van der Waals surface area (Å²) in [6, 6.07) is 8.45. The third-order valence-corrected chi connectivity index (χ3v) is 4.39. The van der Waals surface area contributed by atoms with Crippen molar-refractivity contribution in [2.75, 3.05) is 13.2 Å². The van der Waals surface area contributed by atoms with E-state index in [4.69, 9.17) is 4.42 Å². The fourth-order valence-electron chi connectivity index (χ4n) is 3.16. The zero-order chi connectivity index (χ0) is 15.4. The van der Waals surface area contributed by atoms with Gasteiger partial charge in [-0.25, -0.2) is 0 Å². The monoisotopic (exact) mass is 301 g/mol. The molecule has 1 aromatic heterocycles. The van der Waals surface area contributed by atoms with Gasteiger partial charge < -0.3 is 9.52 Å². The van der Waals surface area contributed by atoms with Gasteiger partial charge in [-0.15, -0.1) is 10.2 Å². The van der Waals surface area contributed by atoms with Crippen LogP contribution >= 0.6 is 0 Å². The van der Waals surface area contributed by atoms with E-state index >= 15 is 0 Å². The lowest BCUT2D eigenvalue weighted by molar-refractivity contribution is 0.103. The summed E-state index contributed by atoms with van der Waals surface area (Å²) >= 11 is 0. The van der Waals surface area contributed by atoms with Gasteiger partial charge in [0, 0.05) is 18.2 Å². The van der Waals surface area contributed by atoms with Crippen LogP contribution < -0.4 is 0 Å².